The Morgan fingerprint density at radius 1 is 1.09 bits per heavy atom. The summed E-state index contributed by atoms with van der Waals surface area (Å²) < 4.78 is 34.7. The number of rotatable bonds is 5. The highest BCUT2D eigenvalue weighted by atomic mass is 79.9. The van der Waals surface area contributed by atoms with E-state index >= 15 is 0 Å². The van der Waals surface area contributed by atoms with Crippen LogP contribution in [0.3, 0.4) is 0 Å². The second-order valence-electron chi connectivity index (χ2n) is 7.68. The predicted octanol–water partition coefficient (Wildman–Crippen LogP) is 1.67. The third kappa shape index (κ3) is 5.03. The number of hydrogen-bond donors (Lipinski definition) is 0. The number of sulfonamides is 1. The molecule has 1 aromatic carbocycles. The maximum absolute atomic E-state index is 13.0. The summed E-state index contributed by atoms with van der Waals surface area (Å²) in [5.41, 5.74) is 0.410. The van der Waals surface area contributed by atoms with Crippen LogP contribution in [0.2, 0.25) is 0 Å². The summed E-state index contributed by atoms with van der Waals surface area (Å²) in [4.78, 5) is 42.2. The maximum atomic E-state index is 13.0. The van der Waals surface area contributed by atoms with Crippen LogP contribution >= 0.6 is 15.9 Å². The summed E-state index contributed by atoms with van der Waals surface area (Å²) in [6.07, 6.45) is 1.59. The Balaban J connectivity index is 1.47. The minimum Gasteiger partial charge on any atom is -0.456 e. The zero-order chi connectivity index (χ0) is 24.5. The fourth-order valence-electron chi connectivity index (χ4n) is 3.60. The molecule has 0 aliphatic carbocycles. The van der Waals surface area contributed by atoms with Crippen molar-refractivity contribution in [3.63, 3.8) is 0 Å². The number of piperazine rings is 1. The monoisotopic (exact) mass is 548 g/mol. The van der Waals surface area contributed by atoms with Crippen molar-refractivity contribution in [2.75, 3.05) is 26.2 Å². The number of benzene rings is 1. The van der Waals surface area contributed by atoms with E-state index in [2.05, 4.69) is 20.9 Å². The first-order chi connectivity index (χ1) is 16.1. The number of carbonyl (C=O) groups excluding carboxylic acids is 2. The maximum Gasteiger partial charge on any atom is 0.338 e. The van der Waals surface area contributed by atoms with Crippen LogP contribution in [-0.4, -0.2) is 65.1 Å². The van der Waals surface area contributed by atoms with Crippen molar-refractivity contribution in [2.24, 2.45) is 0 Å². The third-order valence-electron chi connectivity index (χ3n) is 5.42. The fourth-order valence-corrected chi connectivity index (χ4v) is 5.40. The smallest absolute Gasteiger partial charge is 0.338 e. The van der Waals surface area contributed by atoms with Crippen molar-refractivity contribution < 1.29 is 22.7 Å². The van der Waals surface area contributed by atoms with Gasteiger partial charge in [-0.05, 0) is 46.3 Å². The molecule has 1 saturated heterocycles. The summed E-state index contributed by atoms with van der Waals surface area (Å²) >= 11 is 3.30. The lowest BCUT2D eigenvalue weighted by Crippen LogP contribution is -2.49. The fraction of sp³-hybridized carbons (Fsp3) is 0.273. The Morgan fingerprint density at radius 3 is 2.53 bits per heavy atom. The predicted molar refractivity (Wildman–Crippen MR) is 126 cm³/mol. The molecule has 2 aromatic heterocycles. The second-order valence-corrected chi connectivity index (χ2v) is 10.5. The standard InChI is InChI=1S/C22H21BrN4O6S/c1-15(28)25-7-9-26(10-8-25)34(31,32)19-4-2-3-16(11-19)22(30)33-14-18-12-21(29)27-13-17(23)5-6-20(27)24-18/h2-6,11-13H,7-10,14H2,1H3. The number of aromatic nitrogens is 2. The van der Waals surface area contributed by atoms with Gasteiger partial charge in [0, 0.05) is 49.8 Å². The average molecular weight is 549 g/mol. The van der Waals surface area contributed by atoms with E-state index in [1.54, 1.807) is 23.2 Å². The van der Waals surface area contributed by atoms with Crippen LogP contribution in [0.15, 0.2) is 62.8 Å². The van der Waals surface area contributed by atoms with Gasteiger partial charge in [0.2, 0.25) is 15.9 Å². The van der Waals surface area contributed by atoms with Crippen LogP contribution in [-0.2, 0) is 26.2 Å². The molecule has 12 heteroatoms. The number of carbonyl (C=O) groups is 2. The van der Waals surface area contributed by atoms with Crippen LogP contribution in [0, 0.1) is 0 Å². The Labute approximate surface area is 203 Å². The lowest BCUT2D eigenvalue weighted by molar-refractivity contribution is -0.129. The summed E-state index contributed by atoms with van der Waals surface area (Å²) in [6, 6.07) is 10.3. The molecule has 1 aliphatic rings. The molecule has 1 fully saturated rings. The highest BCUT2D eigenvalue weighted by Crippen LogP contribution is 2.20. The van der Waals surface area contributed by atoms with Crippen molar-refractivity contribution in [3.05, 3.63) is 74.7 Å². The highest BCUT2D eigenvalue weighted by Gasteiger charge is 2.29. The molecule has 34 heavy (non-hydrogen) atoms. The van der Waals surface area contributed by atoms with Gasteiger partial charge in [-0.25, -0.2) is 18.2 Å². The molecule has 0 atom stereocenters. The van der Waals surface area contributed by atoms with Crippen molar-refractivity contribution in [1.29, 1.82) is 0 Å². The topological polar surface area (TPSA) is 118 Å². The average Bonchev–Trinajstić information content (AvgIpc) is 2.83. The number of amides is 1. The van der Waals surface area contributed by atoms with Gasteiger partial charge >= 0.3 is 5.97 Å². The summed E-state index contributed by atoms with van der Waals surface area (Å²) in [5.74, 6) is -0.838. The molecule has 0 radical (unpaired) electrons. The molecule has 4 rings (SSSR count). The van der Waals surface area contributed by atoms with Gasteiger partial charge < -0.3 is 9.64 Å². The molecule has 0 N–H and O–H groups in total. The highest BCUT2D eigenvalue weighted by molar-refractivity contribution is 9.10. The largest absolute Gasteiger partial charge is 0.456 e. The molecule has 0 spiro atoms. The molecule has 0 saturated carbocycles. The summed E-state index contributed by atoms with van der Waals surface area (Å²) in [6.45, 7) is 2.18. The minimum atomic E-state index is -3.84. The molecule has 0 unspecified atom stereocenters. The van der Waals surface area contributed by atoms with Crippen LogP contribution in [0.4, 0.5) is 0 Å². The first-order valence-corrected chi connectivity index (χ1v) is 12.6. The molecule has 178 valence electrons. The van der Waals surface area contributed by atoms with Gasteiger partial charge in [0.25, 0.3) is 5.56 Å². The van der Waals surface area contributed by atoms with Crippen molar-refractivity contribution in [1.82, 2.24) is 18.6 Å². The van der Waals surface area contributed by atoms with E-state index < -0.39 is 16.0 Å². The number of ether oxygens (including phenoxy) is 1. The van der Waals surface area contributed by atoms with E-state index in [1.165, 1.54) is 46.0 Å². The van der Waals surface area contributed by atoms with E-state index in [1.807, 2.05) is 0 Å². The molecule has 10 nitrogen and oxygen atoms in total. The number of halogens is 1. The van der Waals surface area contributed by atoms with E-state index in [4.69, 9.17) is 4.74 Å². The number of hydrogen-bond acceptors (Lipinski definition) is 7. The molecular formula is C22H21BrN4O6S. The zero-order valence-corrected chi connectivity index (χ0v) is 20.6. The van der Waals surface area contributed by atoms with Crippen molar-refractivity contribution in [2.45, 2.75) is 18.4 Å². The Bertz CT molecular complexity index is 1430. The SMILES string of the molecule is CC(=O)N1CCN(S(=O)(=O)c2cccc(C(=O)OCc3cc(=O)n4cc(Br)ccc4n3)c2)CC1. The molecule has 1 amide bonds. The Kier molecular flexibility index (Phi) is 6.82. The van der Waals surface area contributed by atoms with Crippen LogP contribution in [0.5, 0.6) is 0 Å². The van der Waals surface area contributed by atoms with Gasteiger partial charge in [-0.15, -0.1) is 0 Å². The Morgan fingerprint density at radius 2 is 1.82 bits per heavy atom. The molecule has 0 bridgehead atoms. The second kappa shape index (κ2) is 9.65. The van der Waals surface area contributed by atoms with E-state index in [0.29, 0.717) is 18.7 Å². The number of fused-ring (bicyclic) bond motifs is 1. The molecular weight excluding hydrogens is 528 g/mol. The van der Waals surface area contributed by atoms with Crippen LogP contribution in [0.25, 0.3) is 5.65 Å². The first-order valence-electron chi connectivity index (χ1n) is 10.4. The quantitative estimate of drug-likeness (QED) is 0.445. The van der Waals surface area contributed by atoms with E-state index in [-0.39, 0.29) is 47.3 Å². The van der Waals surface area contributed by atoms with E-state index in [9.17, 15) is 22.8 Å². The number of nitrogens with zero attached hydrogens (tertiary/aromatic N) is 4. The van der Waals surface area contributed by atoms with Crippen LogP contribution < -0.4 is 5.56 Å². The van der Waals surface area contributed by atoms with Crippen LogP contribution in [0.1, 0.15) is 23.0 Å². The summed E-state index contributed by atoms with van der Waals surface area (Å²) in [5, 5.41) is 0. The van der Waals surface area contributed by atoms with Gasteiger partial charge in [0.1, 0.15) is 12.3 Å². The lowest BCUT2D eigenvalue weighted by Gasteiger charge is -2.33. The van der Waals surface area contributed by atoms with Gasteiger partial charge in [-0.3, -0.25) is 14.0 Å². The normalized spacial score (nSPS) is 14.8. The lowest BCUT2D eigenvalue weighted by atomic mass is 10.2. The Hall–Kier alpha value is -3.09. The van der Waals surface area contributed by atoms with Crippen molar-refractivity contribution in [3.8, 4) is 0 Å². The third-order valence-corrected chi connectivity index (χ3v) is 7.78. The molecule has 3 heterocycles. The minimum absolute atomic E-state index is 0.0362. The number of esters is 1. The summed E-state index contributed by atoms with van der Waals surface area (Å²) in [7, 11) is -3.84. The van der Waals surface area contributed by atoms with E-state index in [0.717, 1.165) is 4.47 Å². The van der Waals surface area contributed by atoms with Gasteiger partial charge in [0.05, 0.1) is 16.2 Å². The van der Waals surface area contributed by atoms with Gasteiger partial charge in [-0.1, -0.05) is 6.07 Å². The van der Waals surface area contributed by atoms with Gasteiger partial charge in [0.15, 0.2) is 0 Å². The molecule has 1 aliphatic heterocycles. The van der Waals surface area contributed by atoms with Crippen molar-refractivity contribution >= 4 is 43.5 Å². The first kappa shape index (κ1) is 24.0. The zero-order valence-electron chi connectivity index (χ0n) is 18.2. The van der Waals surface area contributed by atoms with Gasteiger partial charge in [-0.2, -0.15) is 4.31 Å². The number of pyridine rings is 1. The molecule has 3 aromatic rings.